The molecule has 2 heterocycles. The van der Waals surface area contributed by atoms with E-state index in [9.17, 15) is 5.21 Å². The normalized spacial score (nSPS) is 16.6. The highest BCUT2D eigenvalue weighted by Crippen LogP contribution is 2.20. The van der Waals surface area contributed by atoms with Crippen LogP contribution in [0.15, 0.2) is 65.9 Å². The molecule has 1 aliphatic heterocycles. The summed E-state index contributed by atoms with van der Waals surface area (Å²) in [5.74, 6) is 0.404. The van der Waals surface area contributed by atoms with Crippen LogP contribution in [0.3, 0.4) is 0 Å². The second-order valence-corrected chi connectivity index (χ2v) is 4.98. The first-order valence-corrected chi connectivity index (χ1v) is 6.90. The Kier molecular flexibility index (Phi) is 2.96. The molecule has 0 saturated carbocycles. The van der Waals surface area contributed by atoms with Gasteiger partial charge in [0.25, 0.3) is 5.96 Å². The molecular weight excluding hydrogens is 278 g/mol. The third kappa shape index (κ3) is 2.26. The Hall–Kier alpha value is -2.96. The molecule has 0 bridgehead atoms. The van der Waals surface area contributed by atoms with Gasteiger partial charge in [0.2, 0.25) is 0 Å². The molecule has 2 aromatic carbocycles. The zero-order valence-corrected chi connectivity index (χ0v) is 11.6. The lowest BCUT2D eigenvalue weighted by Crippen LogP contribution is -2.98. The van der Waals surface area contributed by atoms with Gasteiger partial charge in [-0.1, -0.05) is 30.3 Å². The summed E-state index contributed by atoms with van der Waals surface area (Å²) in [6.45, 7) is 0. The van der Waals surface area contributed by atoms with Crippen LogP contribution >= 0.6 is 0 Å². The Labute approximate surface area is 126 Å². The Morgan fingerprint density at radius 3 is 2.82 bits per heavy atom. The second-order valence-electron chi connectivity index (χ2n) is 4.98. The summed E-state index contributed by atoms with van der Waals surface area (Å²) in [6, 6.07) is 17.1. The summed E-state index contributed by atoms with van der Waals surface area (Å²) in [4.78, 5) is 4.38. The summed E-state index contributed by atoms with van der Waals surface area (Å²) in [7, 11) is 0. The van der Waals surface area contributed by atoms with Crippen LogP contribution in [0.1, 0.15) is 0 Å². The fourth-order valence-electron chi connectivity index (χ4n) is 2.43. The van der Waals surface area contributed by atoms with Crippen LogP contribution in [0, 0.1) is 5.21 Å². The largest absolute Gasteiger partial charge is 0.601 e. The number of nitrogens with one attached hydrogen (secondary N) is 3. The molecule has 108 valence electrons. The van der Waals surface area contributed by atoms with Crippen molar-refractivity contribution < 1.29 is 5.17 Å². The fraction of sp³-hybridized carbons (Fsp3) is 0. The van der Waals surface area contributed by atoms with Gasteiger partial charge >= 0.3 is 0 Å². The third-order valence-electron chi connectivity index (χ3n) is 3.48. The quantitative estimate of drug-likeness (QED) is 0.600. The molecule has 0 fully saturated rings. The van der Waals surface area contributed by atoms with E-state index in [1.807, 2.05) is 48.5 Å². The van der Waals surface area contributed by atoms with E-state index in [1.165, 1.54) is 0 Å². The molecule has 3 N–H and O–H groups in total. The highest BCUT2D eigenvalue weighted by atomic mass is 16.5. The molecule has 0 saturated heterocycles. The molecule has 0 amide bonds. The molecule has 1 aliphatic rings. The van der Waals surface area contributed by atoms with Crippen molar-refractivity contribution in [2.24, 2.45) is 5.10 Å². The molecule has 4 rings (SSSR count). The first-order chi connectivity index (χ1) is 10.8. The number of hydrogen-bond acceptors (Lipinski definition) is 5. The van der Waals surface area contributed by atoms with Gasteiger partial charge in [0.05, 0.1) is 17.4 Å². The van der Waals surface area contributed by atoms with Crippen LogP contribution in [0.2, 0.25) is 0 Å². The molecule has 0 radical (unpaired) electrons. The van der Waals surface area contributed by atoms with E-state index in [0.29, 0.717) is 11.6 Å². The summed E-state index contributed by atoms with van der Waals surface area (Å²) in [5.41, 5.74) is 3.02. The van der Waals surface area contributed by atoms with E-state index in [2.05, 4.69) is 20.7 Å². The van der Waals surface area contributed by atoms with Crippen LogP contribution < -0.4 is 15.8 Å². The lowest BCUT2D eigenvalue weighted by molar-refractivity contribution is -0.783. The Balaban J connectivity index is 1.63. The van der Waals surface area contributed by atoms with Crippen LogP contribution in [0.4, 0.5) is 17.1 Å². The van der Waals surface area contributed by atoms with Gasteiger partial charge in [-0.3, -0.25) is 4.98 Å². The van der Waals surface area contributed by atoms with Gasteiger partial charge in [-0.05, 0) is 23.3 Å². The van der Waals surface area contributed by atoms with E-state index >= 15 is 0 Å². The van der Waals surface area contributed by atoms with Crippen molar-refractivity contribution >= 4 is 33.9 Å². The highest BCUT2D eigenvalue weighted by molar-refractivity contribution is 6.05. The molecular formula is C16H13N5O. The smallest absolute Gasteiger partial charge is 0.260 e. The number of nitrogens with zero attached hydrogens (tertiary/aromatic N) is 2. The van der Waals surface area contributed by atoms with Crippen molar-refractivity contribution in [1.29, 1.82) is 0 Å². The first kappa shape index (κ1) is 12.8. The van der Waals surface area contributed by atoms with E-state index in [0.717, 1.165) is 22.3 Å². The van der Waals surface area contributed by atoms with Crippen molar-refractivity contribution in [3.05, 3.63) is 66.0 Å². The molecule has 0 spiro atoms. The molecule has 0 aliphatic carbocycles. The zero-order valence-electron chi connectivity index (χ0n) is 11.6. The lowest BCUT2D eigenvalue weighted by Gasteiger charge is -2.24. The number of hydrogen-bond donors (Lipinski definition) is 3. The number of benzene rings is 2. The van der Waals surface area contributed by atoms with Crippen molar-refractivity contribution in [3.63, 3.8) is 0 Å². The van der Waals surface area contributed by atoms with Crippen LogP contribution in [-0.2, 0) is 0 Å². The first-order valence-electron chi connectivity index (χ1n) is 6.90. The summed E-state index contributed by atoms with van der Waals surface area (Å²) >= 11 is 0. The molecule has 1 atom stereocenters. The van der Waals surface area contributed by atoms with Gasteiger partial charge in [0.1, 0.15) is 5.69 Å². The number of quaternary nitrogens is 1. The predicted octanol–water partition coefficient (Wildman–Crippen LogP) is 2.06. The minimum Gasteiger partial charge on any atom is -0.601 e. The Bertz CT molecular complexity index is 877. The minimum atomic E-state index is -0.259. The fourth-order valence-corrected chi connectivity index (χ4v) is 2.43. The van der Waals surface area contributed by atoms with E-state index in [4.69, 9.17) is 0 Å². The van der Waals surface area contributed by atoms with Crippen molar-refractivity contribution in [2.45, 2.75) is 0 Å². The molecule has 3 aromatic rings. The summed E-state index contributed by atoms with van der Waals surface area (Å²) in [6.07, 6.45) is 1.72. The monoisotopic (exact) mass is 291 g/mol. The number of rotatable bonds is 1. The standard InChI is InChI=1S/C16H13N5O/c22-21-15-8-4-3-7-14(15)19-16(20-21)18-12-9-11-5-1-2-6-13(11)17-10-12/h1-10,21H,(H2,18,19,20). The number of pyridine rings is 1. The highest BCUT2D eigenvalue weighted by Gasteiger charge is 2.18. The number of fused-ring (bicyclic) bond motifs is 2. The van der Waals surface area contributed by atoms with Crippen LogP contribution in [0.25, 0.3) is 10.9 Å². The van der Waals surface area contributed by atoms with Gasteiger partial charge in [-0.15, -0.1) is 0 Å². The minimum absolute atomic E-state index is 0.259. The lowest BCUT2D eigenvalue weighted by atomic mass is 10.2. The Morgan fingerprint density at radius 2 is 1.86 bits per heavy atom. The summed E-state index contributed by atoms with van der Waals surface area (Å²) < 4.78 is 0. The maximum atomic E-state index is 12.0. The molecule has 6 heteroatoms. The molecule has 1 aromatic heterocycles. The number of aromatic nitrogens is 1. The van der Waals surface area contributed by atoms with E-state index < -0.39 is 0 Å². The van der Waals surface area contributed by atoms with Gasteiger partial charge in [-0.25, -0.2) is 5.17 Å². The maximum Gasteiger partial charge on any atom is 0.260 e. The SMILES string of the molecule is [O-][NH+]1N=C(Nc2cnc3ccccc3c2)Nc2ccccc21. The second kappa shape index (κ2) is 5.10. The van der Waals surface area contributed by atoms with Crippen molar-refractivity contribution in [2.75, 3.05) is 10.6 Å². The van der Waals surface area contributed by atoms with E-state index in [-0.39, 0.29) is 5.17 Å². The average Bonchev–Trinajstić information content (AvgIpc) is 2.55. The van der Waals surface area contributed by atoms with Crippen LogP contribution in [0.5, 0.6) is 0 Å². The average molecular weight is 291 g/mol. The summed E-state index contributed by atoms with van der Waals surface area (Å²) in [5, 5.41) is 23.0. The Morgan fingerprint density at radius 1 is 1.05 bits per heavy atom. The number of anilines is 2. The van der Waals surface area contributed by atoms with Gasteiger partial charge in [0, 0.05) is 11.5 Å². The molecule has 6 nitrogen and oxygen atoms in total. The van der Waals surface area contributed by atoms with Gasteiger partial charge < -0.3 is 15.8 Å². The predicted molar refractivity (Wildman–Crippen MR) is 86.9 cm³/mol. The van der Waals surface area contributed by atoms with Gasteiger partial charge in [-0.2, -0.15) is 0 Å². The molecule has 22 heavy (non-hydrogen) atoms. The number of guanidine groups is 1. The topological polar surface area (TPSA) is 76.8 Å². The van der Waals surface area contributed by atoms with Crippen molar-refractivity contribution in [3.8, 4) is 0 Å². The molecule has 1 unspecified atom stereocenters. The third-order valence-corrected chi connectivity index (χ3v) is 3.48. The van der Waals surface area contributed by atoms with Crippen molar-refractivity contribution in [1.82, 2.24) is 4.98 Å². The van der Waals surface area contributed by atoms with Gasteiger partial charge in [0.15, 0.2) is 5.69 Å². The van der Waals surface area contributed by atoms with E-state index in [1.54, 1.807) is 12.3 Å². The maximum absolute atomic E-state index is 12.0. The number of para-hydroxylation sites is 2. The zero-order chi connectivity index (χ0) is 14.9. The van der Waals surface area contributed by atoms with Crippen LogP contribution in [-0.4, -0.2) is 10.9 Å².